The third kappa shape index (κ3) is 3.27. The van der Waals surface area contributed by atoms with Crippen LogP contribution in [0.5, 0.6) is 0 Å². The first-order valence-corrected chi connectivity index (χ1v) is 10.4. The summed E-state index contributed by atoms with van der Waals surface area (Å²) in [6.07, 6.45) is 14.3. The lowest BCUT2D eigenvalue weighted by molar-refractivity contribution is -0.0720. The van der Waals surface area contributed by atoms with Gasteiger partial charge in [-0.1, -0.05) is 20.3 Å². The molecular formula is C22H36N2O. The molecule has 3 fully saturated rings. The lowest BCUT2D eigenvalue weighted by atomic mass is 9.53. The van der Waals surface area contributed by atoms with Crippen LogP contribution in [0.2, 0.25) is 0 Å². The highest BCUT2D eigenvalue weighted by molar-refractivity contribution is 5.59. The van der Waals surface area contributed by atoms with Crippen molar-refractivity contribution in [2.24, 2.45) is 34.5 Å². The summed E-state index contributed by atoms with van der Waals surface area (Å²) in [5, 5.41) is 17.4. The van der Waals surface area contributed by atoms with Gasteiger partial charge in [-0.25, -0.2) is 0 Å². The van der Waals surface area contributed by atoms with Gasteiger partial charge in [0.15, 0.2) is 0 Å². The fourth-order valence-corrected chi connectivity index (χ4v) is 6.66. The quantitative estimate of drug-likeness (QED) is 0.660. The molecule has 1 N–H and O–H groups in total. The Bertz CT molecular complexity index is 527. The molecule has 3 nitrogen and oxygen atoms in total. The third-order valence-corrected chi connectivity index (χ3v) is 8.61. The molecule has 0 amide bonds. The van der Waals surface area contributed by atoms with E-state index in [1.165, 1.54) is 44.9 Å². The van der Waals surface area contributed by atoms with Crippen molar-refractivity contribution in [3.8, 4) is 6.07 Å². The highest BCUT2D eigenvalue weighted by Crippen LogP contribution is 2.57. The van der Waals surface area contributed by atoms with E-state index in [1.54, 1.807) is 6.21 Å². The van der Waals surface area contributed by atoms with Gasteiger partial charge in [-0.3, -0.25) is 0 Å². The molecule has 1 unspecified atom stereocenters. The lowest BCUT2D eigenvalue weighted by Gasteiger charge is -2.53. The monoisotopic (exact) mass is 344 g/mol. The van der Waals surface area contributed by atoms with Crippen molar-refractivity contribution in [1.29, 1.82) is 10.7 Å². The average Bonchev–Trinajstić information content (AvgIpc) is 2.94. The molecule has 0 heterocycles. The zero-order valence-electron chi connectivity index (χ0n) is 16.4. The van der Waals surface area contributed by atoms with E-state index in [1.807, 2.05) is 7.11 Å². The summed E-state index contributed by atoms with van der Waals surface area (Å²) in [5.74, 6) is 2.04. The molecule has 0 aromatic rings. The summed E-state index contributed by atoms with van der Waals surface area (Å²) >= 11 is 0. The zero-order chi connectivity index (χ0) is 18.1. The smallest absolute Gasteiger partial charge is 0.0661 e. The zero-order valence-corrected chi connectivity index (χ0v) is 16.4. The number of nitriles is 1. The molecule has 0 radical (unpaired) electrons. The first-order chi connectivity index (χ1) is 12.0. The Balaban J connectivity index is 1.73. The number of fused-ring (bicyclic) bond motifs is 1. The van der Waals surface area contributed by atoms with Crippen molar-refractivity contribution >= 4 is 6.21 Å². The van der Waals surface area contributed by atoms with E-state index >= 15 is 0 Å². The maximum absolute atomic E-state index is 9.62. The van der Waals surface area contributed by atoms with Gasteiger partial charge in [0.2, 0.25) is 0 Å². The van der Waals surface area contributed by atoms with E-state index in [2.05, 4.69) is 19.9 Å². The minimum absolute atomic E-state index is 0.00906. The Morgan fingerprint density at radius 3 is 2.64 bits per heavy atom. The molecule has 3 aliphatic rings. The first kappa shape index (κ1) is 18.9. The Morgan fingerprint density at radius 1 is 1.16 bits per heavy atom. The number of nitrogens with one attached hydrogen (secondary N) is 1. The largest absolute Gasteiger partial charge is 0.381 e. The van der Waals surface area contributed by atoms with Crippen LogP contribution in [0.3, 0.4) is 0 Å². The van der Waals surface area contributed by atoms with Crippen molar-refractivity contribution in [2.75, 3.05) is 7.11 Å². The van der Waals surface area contributed by atoms with Crippen LogP contribution in [-0.4, -0.2) is 19.4 Å². The second-order valence-corrected chi connectivity index (χ2v) is 9.55. The van der Waals surface area contributed by atoms with Crippen molar-refractivity contribution in [1.82, 2.24) is 0 Å². The van der Waals surface area contributed by atoms with Crippen LogP contribution in [0.4, 0.5) is 0 Å². The lowest BCUT2D eigenvalue weighted by Crippen LogP contribution is -2.46. The maximum Gasteiger partial charge on any atom is 0.0661 e. The number of ether oxygens (including phenoxy) is 1. The number of rotatable bonds is 5. The molecule has 3 saturated carbocycles. The Kier molecular flexibility index (Phi) is 5.59. The van der Waals surface area contributed by atoms with Crippen LogP contribution in [-0.2, 0) is 4.74 Å². The maximum atomic E-state index is 9.62. The fourth-order valence-electron chi connectivity index (χ4n) is 6.66. The molecule has 0 aromatic heterocycles. The van der Waals surface area contributed by atoms with Crippen LogP contribution < -0.4 is 0 Å². The van der Waals surface area contributed by atoms with Crippen LogP contribution in [0.15, 0.2) is 0 Å². The van der Waals surface area contributed by atoms with Crippen LogP contribution >= 0.6 is 0 Å². The predicted molar refractivity (Wildman–Crippen MR) is 102 cm³/mol. The summed E-state index contributed by atoms with van der Waals surface area (Å²) in [5.41, 5.74) is 0.420. The van der Waals surface area contributed by atoms with Crippen LogP contribution in [0.25, 0.3) is 0 Å². The molecule has 0 aromatic carbocycles. The summed E-state index contributed by atoms with van der Waals surface area (Å²) in [7, 11) is 1.87. The molecule has 7 atom stereocenters. The second-order valence-electron chi connectivity index (χ2n) is 9.55. The Morgan fingerprint density at radius 2 is 1.96 bits per heavy atom. The highest BCUT2D eigenvalue weighted by Gasteiger charge is 2.50. The van der Waals surface area contributed by atoms with Gasteiger partial charge < -0.3 is 10.1 Å². The molecule has 0 spiro atoms. The van der Waals surface area contributed by atoms with Crippen LogP contribution in [0.1, 0.15) is 78.1 Å². The van der Waals surface area contributed by atoms with E-state index in [0.29, 0.717) is 17.4 Å². The molecule has 140 valence electrons. The Hall–Kier alpha value is -0.880. The standard InChI is InChI=1S/C22H36N2O/c1-21(18(14-23)7-8-19(21)15-24)12-11-17-6-4-5-16-9-10-20(25-3)13-22(16,17)2/h14,16-20,23H,4-13H2,1-3H3/t16-,17+,18?,19+,20-,21-,22-/m0/s1. The molecule has 25 heavy (non-hydrogen) atoms. The van der Waals surface area contributed by atoms with Crippen molar-refractivity contribution in [3.63, 3.8) is 0 Å². The van der Waals surface area contributed by atoms with E-state index in [9.17, 15) is 5.26 Å². The third-order valence-electron chi connectivity index (χ3n) is 8.61. The van der Waals surface area contributed by atoms with Gasteiger partial charge in [0.25, 0.3) is 0 Å². The Labute approximate surface area is 154 Å². The minimum Gasteiger partial charge on any atom is -0.381 e. The van der Waals surface area contributed by atoms with Gasteiger partial charge in [-0.2, -0.15) is 5.26 Å². The topological polar surface area (TPSA) is 56.9 Å². The molecular weight excluding hydrogens is 308 g/mol. The highest BCUT2D eigenvalue weighted by atomic mass is 16.5. The van der Waals surface area contributed by atoms with E-state index in [4.69, 9.17) is 10.1 Å². The second kappa shape index (κ2) is 7.39. The number of hydrogen-bond donors (Lipinski definition) is 1. The molecule has 3 heteroatoms. The SMILES string of the molecule is CO[C@H]1CC[C@@H]2CCC[C@H](CC[C@@]3(C)C(C=N)CC[C@@H]3C#N)[C@@]2(C)C1. The van der Waals surface area contributed by atoms with Crippen molar-refractivity contribution in [3.05, 3.63) is 0 Å². The molecule has 0 bridgehead atoms. The summed E-state index contributed by atoms with van der Waals surface area (Å²) in [6.45, 7) is 4.81. The molecule has 0 saturated heterocycles. The van der Waals surface area contributed by atoms with Gasteiger partial charge in [0.1, 0.15) is 0 Å². The van der Waals surface area contributed by atoms with Crippen molar-refractivity contribution in [2.45, 2.75) is 84.2 Å². The minimum atomic E-state index is 0.00906. The van der Waals surface area contributed by atoms with E-state index < -0.39 is 0 Å². The molecule has 3 aliphatic carbocycles. The van der Waals surface area contributed by atoms with Gasteiger partial charge in [0, 0.05) is 13.0 Å². The van der Waals surface area contributed by atoms with Crippen molar-refractivity contribution < 1.29 is 4.74 Å². The van der Waals surface area contributed by atoms with Gasteiger partial charge in [-0.05, 0) is 86.7 Å². The number of methoxy groups -OCH3 is 1. The van der Waals surface area contributed by atoms with Gasteiger partial charge in [-0.15, -0.1) is 0 Å². The normalized spacial score (nSPS) is 47.0. The molecule has 0 aliphatic heterocycles. The predicted octanol–water partition coefficient (Wildman–Crippen LogP) is 5.59. The van der Waals surface area contributed by atoms with E-state index in [0.717, 1.165) is 31.1 Å². The summed E-state index contributed by atoms with van der Waals surface area (Å²) in [6, 6.07) is 2.57. The van der Waals surface area contributed by atoms with Crippen LogP contribution in [0, 0.1) is 51.2 Å². The van der Waals surface area contributed by atoms with Gasteiger partial charge in [0.05, 0.1) is 18.1 Å². The average molecular weight is 345 g/mol. The molecule has 3 rings (SSSR count). The number of hydrogen-bond acceptors (Lipinski definition) is 3. The van der Waals surface area contributed by atoms with E-state index in [-0.39, 0.29) is 11.3 Å². The fraction of sp³-hybridized carbons (Fsp3) is 0.909. The summed E-state index contributed by atoms with van der Waals surface area (Å²) in [4.78, 5) is 0. The summed E-state index contributed by atoms with van der Waals surface area (Å²) < 4.78 is 5.75. The first-order valence-electron chi connectivity index (χ1n) is 10.4. The number of nitrogens with zero attached hydrogens (tertiary/aromatic N) is 1. The van der Waals surface area contributed by atoms with Gasteiger partial charge >= 0.3 is 0 Å².